The Bertz CT molecular complexity index is 784. The summed E-state index contributed by atoms with van der Waals surface area (Å²) in [5.74, 6) is -1.57. The van der Waals surface area contributed by atoms with Gasteiger partial charge in [-0.15, -0.1) is 11.3 Å². The van der Waals surface area contributed by atoms with Crippen molar-refractivity contribution in [1.82, 2.24) is 0 Å². The smallest absolute Gasteiger partial charge is 0.319 e. The second-order valence-electron chi connectivity index (χ2n) is 6.17. The molecule has 4 nitrogen and oxygen atoms in total. The molecule has 0 N–H and O–H groups in total. The predicted molar refractivity (Wildman–Crippen MR) is 93.4 cm³/mol. The second kappa shape index (κ2) is 6.06. The average Bonchev–Trinajstić information content (AvgIpc) is 3.12. The Morgan fingerprint density at radius 2 is 2.21 bits per heavy atom. The normalized spacial score (nSPS) is 22.2. The number of nitrogens with zero attached hydrogens (tertiary/aromatic N) is 1. The van der Waals surface area contributed by atoms with Gasteiger partial charge in [-0.05, 0) is 42.3 Å². The number of ether oxygens (including phenoxy) is 1. The van der Waals surface area contributed by atoms with Crippen LogP contribution in [0.4, 0.5) is 5.69 Å². The van der Waals surface area contributed by atoms with Crippen LogP contribution in [0.1, 0.15) is 35.3 Å². The fourth-order valence-electron chi connectivity index (χ4n) is 3.90. The van der Waals surface area contributed by atoms with Crippen LogP contribution < -0.4 is 4.90 Å². The summed E-state index contributed by atoms with van der Waals surface area (Å²) in [5.41, 5.74) is 3.30. The molecule has 124 valence electrons. The van der Waals surface area contributed by atoms with Crippen molar-refractivity contribution >= 4 is 28.9 Å². The van der Waals surface area contributed by atoms with Gasteiger partial charge in [-0.3, -0.25) is 9.59 Å². The van der Waals surface area contributed by atoms with E-state index in [1.807, 2.05) is 23.6 Å². The molecule has 0 fully saturated rings. The highest BCUT2D eigenvalue weighted by Gasteiger charge is 2.47. The minimum absolute atomic E-state index is 0.119. The summed E-state index contributed by atoms with van der Waals surface area (Å²) in [7, 11) is 0. The summed E-state index contributed by atoms with van der Waals surface area (Å²) >= 11 is 1.59. The molecule has 0 spiro atoms. The number of thiophene rings is 1. The van der Waals surface area contributed by atoms with Crippen LogP contribution in [0.5, 0.6) is 0 Å². The first-order chi connectivity index (χ1) is 11.7. The van der Waals surface area contributed by atoms with E-state index in [4.69, 9.17) is 4.74 Å². The Labute approximate surface area is 145 Å². The largest absolute Gasteiger partial charge is 0.465 e. The van der Waals surface area contributed by atoms with Crippen molar-refractivity contribution in [2.24, 2.45) is 5.92 Å². The molecule has 2 atom stereocenters. The summed E-state index contributed by atoms with van der Waals surface area (Å²) in [5, 5.41) is 1.99. The number of carbonyl (C=O) groups excluding carboxylic acids is 2. The number of esters is 1. The van der Waals surface area contributed by atoms with Crippen molar-refractivity contribution in [1.29, 1.82) is 0 Å². The quantitative estimate of drug-likeness (QED) is 0.635. The molecule has 3 heterocycles. The van der Waals surface area contributed by atoms with Gasteiger partial charge in [0.05, 0.1) is 12.3 Å². The molecule has 1 aromatic carbocycles. The number of aryl methyl sites for hydroxylation is 1. The van der Waals surface area contributed by atoms with Crippen LogP contribution in [-0.4, -0.2) is 25.0 Å². The van der Waals surface area contributed by atoms with Crippen LogP contribution in [0.25, 0.3) is 0 Å². The van der Waals surface area contributed by atoms with Gasteiger partial charge >= 0.3 is 5.97 Å². The highest BCUT2D eigenvalue weighted by atomic mass is 32.1. The summed E-state index contributed by atoms with van der Waals surface area (Å²) in [6.45, 7) is 2.74. The van der Waals surface area contributed by atoms with Crippen LogP contribution in [0, 0.1) is 5.92 Å². The third kappa shape index (κ3) is 2.26. The van der Waals surface area contributed by atoms with Gasteiger partial charge in [-0.2, -0.15) is 0 Å². The van der Waals surface area contributed by atoms with E-state index in [0.717, 1.165) is 29.0 Å². The van der Waals surface area contributed by atoms with Crippen molar-refractivity contribution in [3.63, 3.8) is 0 Å². The Kier molecular flexibility index (Phi) is 3.88. The maximum atomic E-state index is 13.2. The first kappa shape index (κ1) is 15.4. The molecule has 4 rings (SSSR count). The zero-order valence-electron chi connectivity index (χ0n) is 13.5. The van der Waals surface area contributed by atoms with Crippen molar-refractivity contribution < 1.29 is 14.3 Å². The summed E-state index contributed by atoms with van der Waals surface area (Å²) in [6.07, 6.45) is 1.91. The van der Waals surface area contributed by atoms with E-state index in [1.54, 1.807) is 23.2 Å². The molecule has 0 saturated carbocycles. The minimum Gasteiger partial charge on any atom is -0.465 e. The molecule has 1 aromatic heterocycles. The average molecular weight is 341 g/mol. The first-order valence-corrected chi connectivity index (χ1v) is 9.23. The molecule has 2 aliphatic rings. The lowest BCUT2D eigenvalue weighted by Gasteiger charge is -2.41. The zero-order chi connectivity index (χ0) is 16.7. The van der Waals surface area contributed by atoms with Gasteiger partial charge in [0.15, 0.2) is 0 Å². The Morgan fingerprint density at radius 3 is 2.96 bits per heavy atom. The zero-order valence-corrected chi connectivity index (χ0v) is 14.3. The van der Waals surface area contributed by atoms with Gasteiger partial charge in [0.25, 0.3) is 0 Å². The van der Waals surface area contributed by atoms with Gasteiger partial charge in [-0.1, -0.05) is 24.3 Å². The lowest BCUT2D eigenvalue weighted by atomic mass is 9.77. The molecule has 2 aromatic rings. The number of amides is 1. The molecular formula is C19H19NO3S. The van der Waals surface area contributed by atoms with Crippen LogP contribution >= 0.6 is 11.3 Å². The van der Waals surface area contributed by atoms with E-state index in [9.17, 15) is 9.59 Å². The third-order valence-corrected chi connectivity index (χ3v) is 5.79. The SMILES string of the molecule is CCOC(=O)C1C(=O)N2CCCc3cccc(c32)C1c1cccs1. The van der Waals surface area contributed by atoms with Gasteiger partial charge in [0.1, 0.15) is 5.92 Å². The van der Waals surface area contributed by atoms with Crippen LogP contribution in [0.15, 0.2) is 35.7 Å². The lowest BCUT2D eigenvalue weighted by Crippen LogP contribution is -2.49. The summed E-state index contributed by atoms with van der Waals surface area (Å²) in [4.78, 5) is 28.6. The monoisotopic (exact) mass is 341 g/mol. The number of anilines is 1. The molecule has 0 bridgehead atoms. The number of para-hydroxylation sites is 1. The lowest BCUT2D eigenvalue weighted by molar-refractivity contribution is -0.152. The third-order valence-electron chi connectivity index (χ3n) is 4.84. The summed E-state index contributed by atoms with van der Waals surface area (Å²) < 4.78 is 5.25. The van der Waals surface area contributed by atoms with Crippen molar-refractivity contribution in [3.05, 3.63) is 51.7 Å². The van der Waals surface area contributed by atoms with E-state index in [-0.39, 0.29) is 18.4 Å². The van der Waals surface area contributed by atoms with Gasteiger partial charge in [-0.25, -0.2) is 0 Å². The van der Waals surface area contributed by atoms with Gasteiger partial charge in [0, 0.05) is 17.3 Å². The van der Waals surface area contributed by atoms with E-state index in [2.05, 4.69) is 12.1 Å². The molecular weight excluding hydrogens is 322 g/mol. The van der Waals surface area contributed by atoms with Crippen LogP contribution in [-0.2, 0) is 20.7 Å². The van der Waals surface area contributed by atoms with E-state index >= 15 is 0 Å². The molecule has 2 aliphatic heterocycles. The maximum Gasteiger partial charge on any atom is 0.319 e. The molecule has 1 amide bonds. The highest BCUT2D eigenvalue weighted by Crippen LogP contribution is 2.47. The molecule has 5 heteroatoms. The fourth-order valence-corrected chi connectivity index (χ4v) is 4.78. The van der Waals surface area contributed by atoms with Crippen LogP contribution in [0.2, 0.25) is 0 Å². The molecule has 24 heavy (non-hydrogen) atoms. The molecule has 0 aliphatic carbocycles. The van der Waals surface area contributed by atoms with Gasteiger partial charge < -0.3 is 9.64 Å². The van der Waals surface area contributed by atoms with E-state index in [1.165, 1.54) is 5.56 Å². The maximum absolute atomic E-state index is 13.2. The van der Waals surface area contributed by atoms with Crippen LogP contribution in [0.3, 0.4) is 0 Å². The molecule has 0 radical (unpaired) electrons. The standard InChI is InChI=1S/C19H19NO3S/c1-2-23-19(22)16-15(14-9-5-11-24-14)13-8-3-6-12-7-4-10-20(17(12)13)18(16)21/h3,5-6,8-9,11,15-16H,2,4,7,10H2,1H3. The number of benzene rings is 1. The molecule has 0 saturated heterocycles. The van der Waals surface area contributed by atoms with Crippen molar-refractivity contribution in [3.8, 4) is 0 Å². The first-order valence-electron chi connectivity index (χ1n) is 8.35. The Hall–Kier alpha value is -2.14. The highest BCUT2D eigenvalue weighted by molar-refractivity contribution is 7.10. The Balaban J connectivity index is 1.92. The number of hydrogen-bond acceptors (Lipinski definition) is 4. The number of carbonyl (C=O) groups is 2. The predicted octanol–water partition coefficient (Wildman–Crippen LogP) is 3.35. The number of hydrogen-bond donors (Lipinski definition) is 0. The minimum atomic E-state index is -0.788. The van der Waals surface area contributed by atoms with E-state index < -0.39 is 11.9 Å². The fraction of sp³-hybridized carbons (Fsp3) is 0.368. The molecule has 2 unspecified atom stereocenters. The summed E-state index contributed by atoms with van der Waals surface area (Å²) in [6, 6.07) is 10.2. The number of rotatable bonds is 3. The van der Waals surface area contributed by atoms with Gasteiger partial charge in [0.2, 0.25) is 5.91 Å². The Morgan fingerprint density at radius 1 is 1.33 bits per heavy atom. The topological polar surface area (TPSA) is 46.6 Å². The van der Waals surface area contributed by atoms with Crippen molar-refractivity contribution in [2.45, 2.75) is 25.7 Å². The van der Waals surface area contributed by atoms with E-state index in [0.29, 0.717) is 6.54 Å². The van der Waals surface area contributed by atoms with Crippen molar-refractivity contribution in [2.75, 3.05) is 18.1 Å². The second-order valence-corrected chi connectivity index (χ2v) is 7.15.